The first-order valence-electron chi connectivity index (χ1n) is 2.74. The maximum absolute atomic E-state index is 3.53. The van der Waals surface area contributed by atoms with E-state index in [1.807, 2.05) is 0 Å². The van der Waals surface area contributed by atoms with Gasteiger partial charge in [-0.1, -0.05) is 15.9 Å². The van der Waals surface area contributed by atoms with Crippen LogP contribution in [0.2, 0.25) is 0 Å². The summed E-state index contributed by atoms with van der Waals surface area (Å²) < 4.78 is 0. The van der Waals surface area contributed by atoms with Gasteiger partial charge in [-0.15, -0.1) is 17.0 Å². The molecule has 1 fully saturated rings. The molecule has 1 saturated heterocycles. The molecule has 3 heteroatoms. The first kappa shape index (κ1) is 8.92. The summed E-state index contributed by atoms with van der Waals surface area (Å²) in [5, 5.41) is 3.29. The number of hydrogen-bond donors (Lipinski definition) is 1. The first-order chi connectivity index (χ1) is 3.39. The predicted molar refractivity (Wildman–Crippen MR) is 45.1 cm³/mol. The van der Waals surface area contributed by atoms with Gasteiger partial charge in [-0.3, -0.25) is 0 Å². The van der Waals surface area contributed by atoms with Crippen molar-refractivity contribution in [3.63, 3.8) is 0 Å². The van der Waals surface area contributed by atoms with Crippen LogP contribution in [-0.2, 0) is 0 Å². The summed E-state index contributed by atoms with van der Waals surface area (Å²) in [4.78, 5) is 0.737. The van der Waals surface area contributed by atoms with E-state index >= 15 is 0 Å². The average Bonchev–Trinajstić information content (AvgIpc) is 1.69. The van der Waals surface area contributed by atoms with E-state index in [0.29, 0.717) is 0 Å². The van der Waals surface area contributed by atoms with E-state index in [2.05, 4.69) is 21.2 Å². The number of hydrogen-bond acceptors (Lipinski definition) is 1. The molecule has 1 N–H and O–H groups in total. The van der Waals surface area contributed by atoms with Crippen LogP contribution in [0.25, 0.3) is 0 Å². The maximum Gasteiger partial charge on any atom is 0.0271 e. The van der Waals surface area contributed by atoms with Gasteiger partial charge in [0.15, 0.2) is 0 Å². The minimum absolute atomic E-state index is 0. The van der Waals surface area contributed by atoms with Crippen LogP contribution in [0.4, 0.5) is 0 Å². The van der Waals surface area contributed by atoms with Crippen molar-refractivity contribution in [2.24, 2.45) is 0 Å². The Balaban J connectivity index is 0.000000490. The van der Waals surface area contributed by atoms with Crippen LogP contribution in [-0.4, -0.2) is 17.9 Å². The summed E-state index contributed by atoms with van der Waals surface area (Å²) >= 11 is 3.53. The van der Waals surface area contributed by atoms with Gasteiger partial charge in [-0.2, -0.15) is 0 Å². The van der Waals surface area contributed by atoms with Crippen molar-refractivity contribution in [1.82, 2.24) is 5.32 Å². The normalized spacial score (nSPS) is 28.9. The van der Waals surface area contributed by atoms with Crippen LogP contribution >= 0.6 is 32.9 Å². The molecule has 1 rings (SSSR count). The lowest BCUT2D eigenvalue weighted by atomic mass is 10.2. The van der Waals surface area contributed by atoms with Crippen molar-refractivity contribution in [1.29, 1.82) is 0 Å². The molecule has 0 spiro atoms. The van der Waals surface area contributed by atoms with Gasteiger partial charge in [-0.25, -0.2) is 0 Å². The molecule has 0 aromatic heterocycles. The fraction of sp³-hybridized carbons (Fsp3) is 1.00. The second-order valence-electron chi connectivity index (χ2n) is 1.94. The molecular formula is C5H11Br2N. The van der Waals surface area contributed by atoms with Gasteiger partial charge >= 0.3 is 0 Å². The zero-order valence-corrected chi connectivity index (χ0v) is 7.99. The van der Waals surface area contributed by atoms with Crippen LogP contribution in [0.15, 0.2) is 0 Å². The summed E-state index contributed by atoms with van der Waals surface area (Å²) in [7, 11) is 0. The van der Waals surface area contributed by atoms with Crippen LogP contribution in [0.3, 0.4) is 0 Å². The number of piperidine rings is 1. The molecule has 1 nitrogen and oxygen atoms in total. The number of nitrogens with one attached hydrogen (secondary N) is 1. The lowest BCUT2D eigenvalue weighted by Crippen LogP contribution is -2.29. The second-order valence-corrected chi connectivity index (χ2v) is 3.24. The molecule has 50 valence electrons. The van der Waals surface area contributed by atoms with Gasteiger partial charge in [0, 0.05) is 11.4 Å². The molecule has 1 aliphatic rings. The summed E-state index contributed by atoms with van der Waals surface area (Å²) in [5.41, 5.74) is 0. The monoisotopic (exact) mass is 243 g/mol. The third-order valence-corrected chi connectivity index (χ3v) is 2.02. The molecule has 1 unspecified atom stereocenters. The van der Waals surface area contributed by atoms with Gasteiger partial charge in [0.1, 0.15) is 0 Å². The number of rotatable bonds is 0. The molecule has 1 atom stereocenters. The predicted octanol–water partition coefficient (Wildman–Crippen LogP) is 1.71. The minimum Gasteiger partial charge on any atom is -0.316 e. The van der Waals surface area contributed by atoms with E-state index in [1.165, 1.54) is 19.4 Å². The quantitative estimate of drug-likeness (QED) is 0.640. The van der Waals surface area contributed by atoms with Crippen LogP contribution in [0, 0.1) is 0 Å². The van der Waals surface area contributed by atoms with Crippen LogP contribution in [0.5, 0.6) is 0 Å². The third kappa shape index (κ3) is 3.05. The highest BCUT2D eigenvalue weighted by atomic mass is 79.9. The largest absolute Gasteiger partial charge is 0.316 e. The Morgan fingerprint density at radius 2 is 2.25 bits per heavy atom. The maximum atomic E-state index is 3.53. The van der Waals surface area contributed by atoms with Gasteiger partial charge in [0.2, 0.25) is 0 Å². The van der Waals surface area contributed by atoms with Crippen molar-refractivity contribution in [2.45, 2.75) is 17.7 Å². The van der Waals surface area contributed by atoms with Crippen LogP contribution < -0.4 is 5.32 Å². The number of halogens is 2. The molecule has 1 aliphatic heterocycles. The van der Waals surface area contributed by atoms with Crippen molar-refractivity contribution >= 4 is 32.9 Å². The molecule has 0 bridgehead atoms. The highest BCUT2D eigenvalue weighted by Gasteiger charge is 2.06. The van der Waals surface area contributed by atoms with Gasteiger partial charge in [0.05, 0.1) is 0 Å². The topological polar surface area (TPSA) is 12.0 Å². The van der Waals surface area contributed by atoms with Gasteiger partial charge in [-0.05, 0) is 19.4 Å². The Kier molecular flexibility index (Phi) is 5.31. The van der Waals surface area contributed by atoms with Gasteiger partial charge < -0.3 is 5.32 Å². The molecule has 1 heterocycles. The van der Waals surface area contributed by atoms with Crippen LogP contribution in [0.1, 0.15) is 12.8 Å². The lowest BCUT2D eigenvalue weighted by molar-refractivity contribution is 0.536. The lowest BCUT2D eigenvalue weighted by Gasteiger charge is -2.15. The van der Waals surface area contributed by atoms with E-state index in [4.69, 9.17) is 0 Å². The first-order valence-corrected chi connectivity index (χ1v) is 3.66. The average molecular weight is 245 g/mol. The van der Waals surface area contributed by atoms with Crippen molar-refractivity contribution in [2.75, 3.05) is 13.1 Å². The fourth-order valence-electron chi connectivity index (χ4n) is 0.809. The third-order valence-electron chi connectivity index (χ3n) is 1.24. The van der Waals surface area contributed by atoms with E-state index in [9.17, 15) is 0 Å². The molecule has 0 aromatic rings. The van der Waals surface area contributed by atoms with Crippen molar-refractivity contribution in [3.8, 4) is 0 Å². The standard InChI is InChI=1S/C5H10BrN.BrH/c6-5-2-1-3-7-4-5;/h5,7H,1-4H2;1H. The summed E-state index contributed by atoms with van der Waals surface area (Å²) in [6.45, 7) is 2.36. The van der Waals surface area contributed by atoms with E-state index in [-0.39, 0.29) is 17.0 Å². The highest BCUT2D eigenvalue weighted by Crippen LogP contribution is 2.09. The smallest absolute Gasteiger partial charge is 0.0271 e. The Bertz CT molecular complexity index is 52.4. The zero-order valence-electron chi connectivity index (χ0n) is 4.69. The Morgan fingerprint density at radius 3 is 2.50 bits per heavy atom. The molecular weight excluding hydrogens is 234 g/mol. The molecule has 8 heavy (non-hydrogen) atoms. The minimum atomic E-state index is 0. The Morgan fingerprint density at radius 1 is 1.50 bits per heavy atom. The Labute approximate surface area is 69.1 Å². The van der Waals surface area contributed by atoms with E-state index < -0.39 is 0 Å². The second kappa shape index (κ2) is 4.77. The molecule has 0 amide bonds. The summed E-state index contributed by atoms with van der Waals surface area (Å²) in [5.74, 6) is 0. The van der Waals surface area contributed by atoms with Gasteiger partial charge in [0.25, 0.3) is 0 Å². The molecule has 0 saturated carbocycles. The molecule has 0 radical (unpaired) electrons. The zero-order chi connectivity index (χ0) is 5.11. The van der Waals surface area contributed by atoms with E-state index in [0.717, 1.165) is 11.4 Å². The number of alkyl halides is 1. The molecule has 0 aliphatic carbocycles. The molecule has 0 aromatic carbocycles. The SMILES string of the molecule is Br.BrC1CCCNC1. The summed E-state index contributed by atoms with van der Waals surface area (Å²) in [6.07, 6.45) is 2.67. The Hall–Kier alpha value is 0.920. The highest BCUT2D eigenvalue weighted by molar-refractivity contribution is 9.09. The van der Waals surface area contributed by atoms with Crippen molar-refractivity contribution < 1.29 is 0 Å². The van der Waals surface area contributed by atoms with E-state index in [1.54, 1.807) is 0 Å². The van der Waals surface area contributed by atoms with Crippen molar-refractivity contribution in [3.05, 3.63) is 0 Å². The fourth-order valence-corrected chi connectivity index (χ4v) is 1.36. The summed E-state index contributed by atoms with van der Waals surface area (Å²) in [6, 6.07) is 0.